The summed E-state index contributed by atoms with van der Waals surface area (Å²) in [5.41, 5.74) is 9.65. The van der Waals surface area contributed by atoms with Crippen molar-refractivity contribution < 1.29 is 0 Å². The molecule has 2 aliphatic rings. The molecule has 1 aliphatic heterocycles. The minimum atomic E-state index is 0.440. The van der Waals surface area contributed by atoms with Crippen LogP contribution in [0.4, 0.5) is 0 Å². The van der Waals surface area contributed by atoms with E-state index < -0.39 is 0 Å². The topological polar surface area (TPSA) is 40.0 Å². The van der Waals surface area contributed by atoms with Gasteiger partial charge in [0.25, 0.3) is 0 Å². The van der Waals surface area contributed by atoms with E-state index in [0.29, 0.717) is 24.7 Å². The Bertz CT molecular complexity index is 1090. The molecule has 178 valence electrons. The number of benzene rings is 2. The van der Waals surface area contributed by atoms with Gasteiger partial charge in [0.2, 0.25) is 0 Å². The zero-order valence-electron chi connectivity index (χ0n) is 19.8. The molecule has 2 aromatic rings. The second kappa shape index (κ2) is 12.5. The van der Waals surface area contributed by atoms with E-state index in [1.54, 1.807) is 0 Å². The summed E-state index contributed by atoms with van der Waals surface area (Å²) in [6, 6.07) is 15.4. The number of amidine groups is 1. The fourth-order valence-corrected chi connectivity index (χ4v) is 5.56. The molecule has 0 amide bonds. The number of hydrogen-bond acceptors (Lipinski definition) is 4. The lowest BCUT2D eigenvalue weighted by Crippen LogP contribution is -2.31. The van der Waals surface area contributed by atoms with Gasteiger partial charge in [-0.05, 0) is 54.0 Å². The Morgan fingerprint density at radius 2 is 2.03 bits per heavy atom. The Morgan fingerprint density at radius 1 is 1.18 bits per heavy atom. The molecule has 0 radical (unpaired) electrons. The fourth-order valence-electron chi connectivity index (χ4n) is 4.33. The summed E-state index contributed by atoms with van der Waals surface area (Å²) in [5, 5.41) is 4.47. The average Bonchev–Trinajstić information content (AvgIpc) is 2.87. The summed E-state index contributed by atoms with van der Waals surface area (Å²) >= 11 is 5.61. The molecule has 4 rings (SSSR count). The van der Waals surface area contributed by atoms with Crippen LogP contribution in [0.2, 0.25) is 0 Å². The molecule has 1 saturated heterocycles. The van der Waals surface area contributed by atoms with Crippen LogP contribution in [0.1, 0.15) is 34.6 Å². The molecule has 4 nitrogen and oxygen atoms in total. The molecular weight excluding hydrogens is 504 g/mol. The summed E-state index contributed by atoms with van der Waals surface area (Å²) in [5.74, 6) is 3.65. The highest BCUT2D eigenvalue weighted by atomic mass is 79.9. The first kappa shape index (κ1) is 25.0. The maximum atomic E-state index is 4.47. The van der Waals surface area contributed by atoms with Crippen LogP contribution < -0.4 is 5.43 Å². The molecule has 34 heavy (non-hydrogen) atoms. The number of aryl methyl sites for hydroxylation is 1. The van der Waals surface area contributed by atoms with E-state index >= 15 is 0 Å². The maximum absolute atomic E-state index is 4.47. The Hall–Kier alpha value is -2.15. The van der Waals surface area contributed by atoms with Crippen molar-refractivity contribution in [1.82, 2.24) is 10.3 Å². The van der Waals surface area contributed by atoms with Crippen LogP contribution in [-0.2, 0) is 13.0 Å². The van der Waals surface area contributed by atoms with Crippen LogP contribution in [0, 0.1) is 6.92 Å². The van der Waals surface area contributed by atoms with Crippen LogP contribution in [0.25, 0.3) is 0 Å². The highest BCUT2D eigenvalue weighted by Gasteiger charge is 2.14. The highest BCUT2D eigenvalue weighted by molar-refractivity contribution is 9.10. The predicted molar refractivity (Wildman–Crippen MR) is 151 cm³/mol. The molecule has 1 N–H and O–H groups in total. The van der Waals surface area contributed by atoms with Crippen molar-refractivity contribution in [3.8, 4) is 0 Å². The van der Waals surface area contributed by atoms with Gasteiger partial charge >= 0.3 is 0 Å². The lowest BCUT2D eigenvalue weighted by Gasteiger charge is -2.26. The van der Waals surface area contributed by atoms with Crippen molar-refractivity contribution in [3.63, 3.8) is 0 Å². The zero-order chi connectivity index (χ0) is 23.8. The van der Waals surface area contributed by atoms with Crippen molar-refractivity contribution in [2.75, 3.05) is 31.1 Å². The predicted octanol–water partition coefficient (Wildman–Crippen LogP) is 6.12. The van der Waals surface area contributed by atoms with Crippen LogP contribution in [0.5, 0.6) is 0 Å². The van der Waals surface area contributed by atoms with Gasteiger partial charge in [-0.25, -0.2) is 4.99 Å². The van der Waals surface area contributed by atoms with Gasteiger partial charge in [0.05, 0.1) is 6.54 Å². The summed E-state index contributed by atoms with van der Waals surface area (Å²) in [6.45, 7) is 9.93. The van der Waals surface area contributed by atoms with Gasteiger partial charge in [-0.1, -0.05) is 70.6 Å². The van der Waals surface area contributed by atoms with Crippen molar-refractivity contribution in [2.24, 2.45) is 10.1 Å². The number of hydrogen-bond donors (Lipinski definition) is 1. The number of nitrogens with zero attached hydrogens (tertiary/aromatic N) is 3. The summed E-state index contributed by atoms with van der Waals surface area (Å²) in [4.78, 5) is 6.67. The molecule has 0 saturated carbocycles. The van der Waals surface area contributed by atoms with Gasteiger partial charge < -0.3 is 5.43 Å². The largest absolute Gasteiger partial charge is 0.304 e. The summed E-state index contributed by atoms with van der Waals surface area (Å²) in [7, 11) is 0. The van der Waals surface area contributed by atoms with E-state index in [0.717, 1.165) is 17.4 Å². The second-order valence-electron chi connectivity index (χ2n) is 8.90. The standard InChI is InChI=1S/C28H33BrN4S/c1-21-16-23(8-11-27(21)29)18-28(30-2)32-31-19-22-6-9-25(10-7-22)26-5-3-4-24(17-26)20-33-12-14-34-15-13-33/h3-9,11,16-17,25,31H,2,10,12-15,18-20H2,1H3/b32-28-. The third-order valence-corrected chi connectivity index (χ3v) is 8.16. The summed E-state index contributed by atoms with van der Waals surface area (Å²) < 4.78 is 1.11. The maximum Gasteiger partial charge on any atom is 0.151 e. The molecule has 0 aromatic heterocycles. The first-order valence-corrected chi connectivity index (χ1v) is 13.8. The quantitative estimate of drug-likeness (QED) is 0.251. The van der Waals surface area contributed by atoms with Gasteiger partial charge in [-0.15, -0.1) is 0 Å². The second-order valence-corrected chi connectivity index (χ2v) is 11.0. The number of hydrazone groups is 1. The fraction of sp³-hybridized carbons (Fsp3) is 0.357. The van der Waals surface area contributed by atoms with E-state index in [9.17, 15) is 0 Å². The highest BCUT2D eigenvalue weighted by Crippen LogP contribution is 2.28. The van der Waals surface area contributed by atoms with Crippen molar-refractivity contribution in [3.05, 3.63) is 93.0 Å². The van der Waals surface area contributed by atoms with E-state index in [1.807, 2.05) is 0 Å². The molecule has 2 aromatic carbocycles. The average molecular weight is 538 g/mol. The SMILES string of the molecule is C=N/C(Cc1ccc(Br)c(C)c1)=N\NCC1=CCC(c2cccc(CN3CCSCC3)c2)C=C1. The normalized spacial score (nSPS) is 19.1. The third-order valence-electron chi connectivity index (χ3n) is 6.32. The van der Waals surface area contributed by atoms with Crippen LogP contribution in [0.15, 0.2) is 80.8 Å². The monoisotopic (exact) mass is 536 g/mol. The molecule has 1 aliphatic carbocycles. The Labute approximate surface area is 216 Å². The number of allylic oxidation sites excluding steroid dienone is 2. The van der Waals surface area contributed by atoms with Crippen molar-refractivity contribution in [2.45, 2.75) is 32.2 Å². The Balaban J connectivity index is 1.28. The number of aliphatic imine (C=N–C) groups is 1. The molecule has 0 bridgehead atoms. The smallest absolute Gasteiger partial charge is 0.151 e. The van der Waals surface area contributed by atoms with E-state index in [1.165, 1.54) is 52.4 Å². The van der Waals surface area contributed by atoms with Gasteiger partial charge in [-0.3, -0.25) is 4.90 Å². The first-order chi connectivity index (χ1) is 16.6. The number of thioether (sulfide) groups is 1. The van der Waals surface area contributed by atoms with Crippen molar-refractivity contribution in [1.29, 1.82) is 0 Å². The number of nitrogens with one attached hydrogen (secondary N) is 1. The molecule has 0 spiro atoms. The third kappa shape index (κ3) is 7.17. The van der Waals surface area contributed by atoms with E-state index in [-0.39, 0.29) is 0 Å². The zero-order valence-corrected chi connectivity index (χ0v) is 22.2. The lowest BCUT2D eigenvalue weighted by atomic mass is 9.89. The van der Waals surface area contributed by atoms with Crippen LogP contribution in [0.3, 0.4) is 0 Å². The van der Waals surface area contributed by atoms with Gasteiger partial charge in [0.1, 0.15) is 0 Å². The molecule has 1 fully saturated rings. The van der Waals surface area contributed by atoms with Crippen LogP contribution >= 0.6 is 27.7 Å². The number of halogens is 1. The molecule has 6 heteroatoms. The van der Waals surface area contributed by atoms with Gasteiger partial charge in [-0.2, -0.15) is 16.9 Å². The number of rotatable bonds is 8. The Kier molecular flexibility index (Phi) is 9.19. The summed E-state index contributed by atoms with van der Waals surface area (Å²) in [6.07, 6.45) is 8.56. The first-order valence-electron chi connectivity index (χ1n) is 11.9. The lowest BCUT2D eigenvalue weighted by molar-refractivity contribution is 0.294. The van der Waals surface area contributed by atoms with E-state index in [4.69, 9.17) is 0 Å². The van der Waals surface area contributed by atoms with Crippen LogP contribution in [-0.4, -0.2) is 48.6 Å². The van der Waals surface area contributed by atoms with Gasteiger partial charge in [0.15, 0.2) is 5.84 Å². The molecular formula is C28H33BrN4S. The van der Waals surface area contributed by atoms with Crippen molar-refractivity contribution >= 4 is 40.2 Å². The molecule has 1 unspecified atom stereocenters. The Morgan fingerprint density at radius 3 is 2.76 bits per heavy atom. The minimum absolute atomic E-state index is 0.440. The van der Waals surface area contributed by atoms with E-state index in [2.05, 4.69) is 122 Å². The molecule has 1 atom stereocenters. The van der Waals surface area contributed by atoms with Gasteiger partial charge in [0, 0.05) is 48.0 Å². The minimum Gasteiger partial charge on any atom is -0.304 e. The molecule has 1 heterocycles.